The molecular weight excluding hydrogens is 232 g/mol. The molecule has 0 heterocycles. The Labute approximate surface area is 121 Å². The molecule has 1 saturated carbocycles. The fraction of sp³-hybridized carbons (Fsp3) is 1.00. The molecule has 0 aliphatic heterocycles. The average Bonchev–Trinajstić information content (AvgIpc) is 2.85. The van der Waals surface area contributed by atoms with Gasteiger partial charge in [-0.2, -0.15) is 0 Å². The summed E-state index contributed by atoms with van der Waals surface area (Å²) < 4.78 is 0. The zero-order chi connectivity index (χ0) is 14.3. The van der Waals surface area contributed by atoms with Gasteiger partial charge in [0.1, 0.15) is 0 Å². The molecule has 0 bridgehead atoms. The molecule has 0 aromatic heterocycles. The van der Waals surface area contributed by atoms with Crippen LogP contribution in [0.25, 0.3) is 0 Å². The molecule has 1 rings (SSSR count). The van der Waals surface area contributed by atoms with Crippen LogP contribution in [0.2, 0.25) is 0 Å². The van der Waals surface area contributed by atoms with Crippen LogP contribution >= 0.6 is 0 Å². The number of hydrogen-bond donors (Lipinski definition) is 1. The highest BCUT2D eigenvalue weighted by atomic mass is 15.2. The largest absolute Gasteiger partial charge is 0.312 e. The van der Waals surface area contributed by atoms with Gasteiger partial charge >= 0.3 is 0 Å². The zero-order valence-corrected chi connectivity index (χ0v) is 13.9. The third-order valence-electron chi connectivity index (χ3n) is 4.39. The van der Waals surface area contributed by atoms with Gasteiger partial charge in [0, 0.05) is 25.2 Å². The fourth-order valence-corrected chi connectivity index (χ4v) is 3.29. The number of nitrogens with one attached hydrogen (secondary N) is 1. The lowest BCUT2D eigenvalue weighted by Gasteiger charge is -2.35. The van der Waals surface area contributed by atoms with Crippen LogP contribution in [0, 0.1) is 11.8 Å². The maximum absolute atomic E-state index is 3.83. The highest BCUT2D eigenvalue weighted by Gasteiger charge is 2.27. The summed E-state index contributed by atoms with van der Waals surface area (Å²) in [5.41, 5.74) is 0. The summed E-state index contributed by atoms with van der Waals surface area (Å²) in [6.07, 6.45) is 7.01. The topological polar surface area (TPSA) is 15.3 Å². The number of nitrogens with zero attached hydrogens (tertiary/aromatic N) is 1. The predicted octanol–water partition coefficient (Wildman–Crippen LogP) is 3.91. The van der Waals surface area contributed by atoms with Crippen molar-refractivity contribution in [3.8, 4) is 0 Å². The molecule has 0 aromatic carbocycles. The van der Waals surface area contributed by atoms with Crippen LogP contribution in [0.1, 0.15) is 66.7 Å². The van der Waals surface area contributed by atoms with Crippen molar-refractivity contribution in [2.75, 3.05) is 19.6 Å². The molecule has 1 aliphatic rings. The summed E-state index contributed by atoms with van der Waals surface area (Å²) >= 11 is 0. The third kappa shape index (κ3) is 6.27. The molecule has 1 unspecified atom stereocenters. The maximum atomic E-state index is 3.83. The lowest BCUT2D eigenvalue weighted by atomic mass is 9.96. The molecule has 2 nitrogen and oxygen atoms in total. The average molecular weight is 268 g/mol. The molecule has 0 saturated heterocycles. The lowest BCUT2D eigenvalue weighted by Crippen LogP contribution is -2.48. The molecule has 1 aliphatic carbocycles. The minimum Gasteiger partial charge on any atom is -0.312 e. The highest BCUT2D eigenvalue weighted by Crippen LogP contribution is 2.28. The van der Waals surface area contributed by atoms with E-state index in [2.05, 4.69) is 44.8 Å². The Morgan fingerprint density at radius 3 is 2.16 bits per heavy atom. The summed E-state index contributed by atoms with van der Waals surface area (Å²) in [6.45, 7) is 15.3. The van der Waals surface area contributed by atoms with Crippen LogP contribution in [0.4, 0.5) is 0 Å². The first-order valence-corrected chi connectivity index (χ1v) is 8.52. The van der Waals surface area contributed by atoms with Gasteiger partial charge in [-0.15, -0.1) is 0 Å². The zero-order valence-electron chi connectivity index (χ0n) is 13.9. The van der Waals surface area contributed by atoms with Gasteiger partial charge in [0.2, 0.25) is 0 Å². The summed E-state index contributed by atoms with van der Waals surface area (Å²) in [7, 11) is 0. The van der Waals surface area contributed by atoms with E-state index in [0.29, 0.717) is 12.1 Å². The Morgan fingerprint density at radius 1 is 1.05 bits per heavy atom. The van der Waals surface area contributed by atoms with Gasteiger partial charge in [-0.05, 0) is 51.5 Å². The van der Waals surface area contributed by atoms with E-state index in [9.17, 15) is 0 Å². The maximum Gasteiger partial charge on any atom is 0.0223 e. The monoisotopic (exact) mass is 268 g/mol. The molecule has 19 heavy (non-hydrogen) atoms. The summed E-state index contributed by atoms with van der Waals surface area (Å²) in [5, 5.41) is 3.83. The Morgan fingerprint density at radius 2 is 1.68 bits per heavy atom. The molecule has 1 N–H and O–H groups in total. The molecule has 1 atom stereocenters. The molecule has 2 heteroatoms. The van der Waals surface area contributed by atoms with E-state index in [1.807, 2.05) is 0 Å². The van der Waals surface area contributed by atoms with Gasteiger partial charge in [0.25, 0.3) is 0 Å². The summed E-state index contributed by atoms with van der Waals surface area (Å²) in [5.74, 6) is 1.68. The van der Waals surface area contributed by atoms with E-state index in [-0.39, 0.29) is 0 Å². The second-order valence-corrected chi connectivity index (χ2v) is 7.05. The van der Waals surface area contributed by atoms with Gasteiger partial charge in [-0.1, -0.05) is 33.6 Å². The van der Waals surface area contributed by atoms with Gasteiger partial charge in [-0.25, -0.2) is 0 Å². The molecule has 0 aromatic rings. The van der Waals surface area contributed by atoms with Crippen molar-refractivity contribution >= 4 is 0 Å². The van der Waals surface area contributed by atoms with Crippen LogP contribution in [0.3, 0.4) is 0 Å². The van der Waals surface area contributed by atoms with Crippen LogP contribution in [-0.2, 0) is 0 Å². The minimum absolute atomic E-state index is 0.662. The quantitative estimate of drug-likeness (QED) is 0.682. The SMILES string of the molecule is CCCNC(CN(CC(C)C)C(C)C)C1CCCC1. The first kappa shape index (κ1) is 17.0. The molecule has 0 radical (unpaired) electrons. The lowest BCUT2D eigenvalue weighted by molar-refractivity contribution is 0.156. The van der Waals surface area contributed by atoms with Crippen LogP contribution < -0.4 is 5.32 Å². The minimum atomic E-state index is 0.662. The molecule has 1 fully saturated rings. The van der Waals surface area contributed by atoms with Gasteiger partial charge in [-0.3, -0.25) is 4.90 Å². The Kier molecular flexibility index (Phi) is 8.01. The fourth-order valence-electron chi connectivity index (χ4n) is 3.29. The Bertz CT molecular complexity index is 219. The van der Waals surface area contributed by atoms with Crippen molar-refractivity contribution in [2.24, 2.45) is 11.8 Å². The van der Waals surface area contributed by atoms with Crippen molar-refractivity contribution in [3.63, 3.8) is 0 Å². The van der Waals surface area contributed by atoms with Gasteiger partial charge in [0.05, 0.1) is 0 Å². The van der Waals surface area contributed by atoms with E-state index in [0.717, 1.165) is 11.8 Å². The van der Waals surface area contributed by atoms with Crippen molar-refractivity contribution in [2.45, 2.75) is 78.8 Å². The van der Waals surface area contributed by atoms with E-state index >= 15 is 0 Å². The van der Waals surface area contributed by atoms with E-state index in [1.54, 1.807) is 0 Å². The van der Waals surface area contributed by atoms with Gasteiger partial charge in [0.15, 0.2) is 0 Å². The van der Waals surface area contributed by atoms with E-state index in [1.165, 1.54) is 51.7 Å². The van der Waals surface area contributed by atoms with Gasteiger partial charge < -0.3 is 5.32 Å². The number of rotatable bonds is 9. The standard InChI is InChI=1S/C17H36N2/c1-6-11-18-17(16-9-7-8-10-16)13-19(15(4)5)12-14(2)3/h14-18H,6-13H2,1-5H3. The van der Waals surface area contributed by atoms with E-state index < -0.39 is 0 Å². The van der Waals surface area contributed by atoms with Crippen LogP contribution in [0.5, 0.6) is 0 Å². The second-order valence-electron chi connectivity index (χ2n) is 7.05. The van der Waals surface area contributed by atoms with E-state index in [4.69, 9.17) is 0 Å². The molecular formula is C17H36N2. The summed E-state index contributed by atoms with van der Waals surface area (Å²) in [4.78, 5) is 2.68. The number of hydrogen-bond acceptors (Lipinski definition) is 2. The van der Waals surface area contributed by atoms with Crippen LogP contribution in [-0.4, -0.2) is 36.6 Å². The smallest absolute Gasteiger partial charge is 0.0223 e. The highest BCUT2D eigenvalue weighted by molar-refractivity contribution is 4.84. The Hall–Kier alpha value is -0.0800. The molecule has 0 spiro atoms. The normalized spacial score (nSPS) is 18.9. The predicted molar refractivity (Wildman–Crippen MR) is 85.6 cm³/mol. The second kappa shape index (κ2) is 8.97. The summed E-state index contributed by atoms with van der Waals surface area (Å²) in [6, 6.07) is 1.37. The molecule has 0 amide bonds. The first-order chi connectivity index (χ1) is 9.04. The van der Waals surface area contributed by atoms with Crippen molar-refractivity contribution < 1.29 is 0 Å². The van der Waals surface area contributed by atoms with Crippen LogP contribution in [0.15, 0.2) is 0 Å². The van der Waals surface area contributed by atoms with Crippen molar-refractivity contribution in [3.05, 3.63) is 0 Å². The molecule has 114 valence electrons. The first-order valence-electron chi connectivity index (χ1n) is 8.52. The van der Waals surface area contributed by atoms with Crippen molar-refractivity contribution in [1.82, 2.24) is 10.2 Å². The third-order valence-corrected chi connectivity index (χ3v) is 4.39. The Balaban J connectivity index is 2.56. The van der Waals surface area contributed by atoms with Crippen molar-refractivity contribution in [1.29, 1.82) is 0 Å².